The maximum Gasteiger partial charge on any atom is 0.325 e. The van der Waals surface area contributed by atoms with Crippen LogP contribution < -0.4 is 14.8 Å². The third kappa shape index (κ3) is 3.83. The number of benzene rings is 2. The summed E-state index contributed by atoms with van der Waals surface area (Å²) in [4.78, 5) is 42.4. The monoisotopic (exact) mass is 506 g/mol. The molecule has 4 unspecified atom stereocenters. The molecule has 9 heteroatoms. The number of phenolic OH excluding ortho intramolecular Hbond substituents is 1. The molecule has 2 saturated heterocycles. The second-order valence-corrected chi connectivity index (χ2v) is 10.5. The second-order valence-electron chi connectivity index (χ2n) is 10.5. The lowest BCUT2D eigenvalue weighted by Gasteiger charge is -2.34. The molecule has 1 aliphatic carbocycles. The summed E-state index contributed by atoms with van der Waals surface area (Å²) >= 11 is 0. The third-order valence-electron chi connectivity index (χ3n) is 8.35. The number of likely N-dealkylation sites (tertiary alicyclic amines) is 1. The molecule has 0 spiro atoms. The summed E-state index contributed by atoms with van der Waals surface area (Å²) in [6.45, 7) is 0.838. The third-order valence-corrected chi connectivity index (χ3v) is 8.35. The number of carboxylic acid groups (broad SMARTS) is 1. The van der Waals surface area contributed by atoms with E-state index in [-0.39, 0.29) is 24.1 Å². The number of rotatable bonds is 5. The minimum absolute atomic E-state index is 0.0115. The van der Waals surface area contributed by atoms with Crippen LogP contribution in [0.25, 0.3) is 0 Å². The van der Waals surface area contributed by atoms with Crippen LogP contribution in [-0.2, 0) is 20.8 Å². The number of carbonyl (C=O) groups excluding carboxylic acids is 2. The van der Waals surface area contributed by atoms with Crippen LogP contribution in [0.15, 0.2) is 42.5 Å². The average molecular weight is 507 g/mol. The number of carboxylic acids is 1. The van der Waals surface area contributed by atoms with Gasteiger partial charge in [0.05, 0.1) is 11.8 Å². The maximum atomic E-state index is 14.0. The van der Waals surface area contributed by atoms with Crippen LogP contribution in [0.3, 0.4) is 0 Å². The van der Waals surface area contributed by atoms with Crippen molar-refractivity contribution >= 4 is 17.8 Å². The molecule has 37 heavy (non-hydrogen) atoms. The number of nitrogens with zero attached hydrogens (tertiary/aromatic N) is 1. The zero-order valence-electron chi connectivity index (χ0n) is 20.4. The maximum absolute atomic E-state index is 14.0. The van der Waals surface area contributed by atoms with Gasteiger partial charge in [0.25, 0.3) is 0 Å². The van der Waals surface area contributed by atoms with Crippen molar-refractivity contribution in [2.75, 3.05) is 13.2 Å². The summed E-state index contributed by atoms with van der Waals surface area (Å²) in [5, 5.41) is 23.6. The number of imide groups is 1. The highest BCUT2D eigenvalue weighted by atomic mass is 16.6. The zero-order chi connectivity index (χ0) is 25.7. The predicted octanol–water partition coefficient (Wildman–Crippen LogP) is 2.81. The number of aromatic hydroxyl groups is 1. The van der Waals surface area contributed by atoms with Crippen molar-refractivity contribution in [1.82, 2.24) is 10.2 Å². The Morgan fingerprint density at radius 2 is 1.68 bits per heavy atom. The molecule has 0 radical (unpaired) electrons. The lowest BCUT2D eigenvalue weighted by Crippen LogP contribution is -2.58. The van der Waals surface area contributed by atoms with Crippen molar-refractivity contribution in [3.8, 4) is 17.2 Å². The first-order valence-corrected chi connectivity index (χ1v) is 12.9. The van der Waals surface area contributed by atoms with Crippen LogP contribution in [0, 0.1) is 11.8 Å². The van der Waals surface area contributed by atoms with Crippen LogP contribution in [0.1, 0.15) is 49.3 Å². The summed E-state index contributed by atoms with van der Waals surface area (Å²) < 4.78 is 11.4. The van der Waals surface area contributed by atoms with E-state index in [0.29, 0.717) is 35.8 Å². The van der Waals surface area contributed by atoms with Crippen LogP contribution in [-0.4, -0.2) is 57.7 Å². The summed E-state index contributed by atoms with van der Waals surface area (Å²) in [6, 6.07) is 10.7. The topological polar surface area (TPSA) is 125 Å². The van der Waals surface area contributed by atoms with E-state index in [1.807, 2.05) is 6.07 Å². The second kappa shape index (κ2) is 9.06. The molecule has 0 bridgehead atoms. The average Bonchev–Trinajstić information content (AvgIpc) is 3.39. The van der Waals surface area contributed by atoms with Gasteiger partial charge in [0.15, 0.2) is 11.5 Å². The Labute approximate surface area is 214 Å². The predicted molar refractivity (Wildman–Crippen MR) is 131 cm³/mol. The Hall–Kier alpha value is -3.59. The van der Waals surface area contributed by atoms with Crippen LogP contribution in [0.2, 0.25) is 0 Å². The molecule has 4 atom stereocenters. The Kier molecular flexibility index (Phi) is 5.82. The van der Waals surface area contributed by atoms with E-state index >= 15 is 0 Å². The van der Waals surface area contributed by atoms with Gasteiger partial charge in [-0.1, -0.05) is 37.5 Å². The summed E-state index contributed by atoms with van der Waals surface area (Å²) in [7, 11) is 0. The Balaban J connectivity index is 1.45. The molecule has 194 valence electrons. The number of aliphatic carboxylic acids is 1. The van der Waals surface area contributed by atoms with Gasteiger partial charge < -0.3 is 19.7 Å². The molecule has 6 rings (SSSR count). The molecule has 3 heterocycles. The molecule has 0 aromatic heterocycles. The lowest BCUT2D eigenvalue weighted by atomic mass is 9.76. The lowest BCUT2D eigenvalue weighted by molar-refractivity contribution is -0.152. The Morgan fingerprint density at radius 1 is 0.973 bits per heavy atom. The quantitative estimate of drug-likeness (QED) is 0.529. The van der Waals surface area contributed by atoms with Crippen molar-refractivity contribution < 1.29 is 34.1 Å². The van der Waals surface area contributed by atoms with Gasteiger partial charge in [-0.3, -0.25) is 24.6 Å². The Bertz CT molecular complexity index is 1240. The molecular weight excluding hydrogens is 476 g/mol. The fraction of sp³-hybridized carbons (Fsp3) is 0.464. The highest BCUT2D eigenvalue weighted by Gasteiger charge is 2.69. The zero-order valence-corrected chi connectivity index (χ0v) is 20.4. The van der Waals surface area contributed by atoms with E-state index in [1.54, 1.807) is 24.3 Å². The van der Waals surface area contributed by atoms with Crippen LogP contribution in [0.5, 0.6) is 17.2 Å². The molecule has 3 aliphatic heterocycles. The number of hydrogen-bond donors (Lipinski definition) is 3. The molecule has 3 fully saturated rings. The molecule has 3 N–H and O–H groups in total. The SMILES string of the molecule is O=C1C2C(c3ccc4c(c3)OCCO4)NC(Cc3ccc(O)cc3)(C(=O)O)C2C(=O)N1C1CCCCC1. The highest BCUT2D eigenvalue weighted by Crippen LogP contribution is 2.52. The van der Waals surface area contributed by atoms with Crippen LogP contribution in [0.4, 0.5) is 0 Å². The van der Waals surface area contributed by atoms with Crippen molar-refractivity contribution in [1.29, 1.82) is 0 Å². The van der Waals surface area contributed by atoms with Gasteiger partial charge >= 0.3 is 5.97 Å². The van der Waals surface area contributed by atoms with Crippen LogP contribution >= 0.6 is 0 Å². The first kappa shape index (κ1) is 23.8. The first-order chi connectivity index (χ1) is 17.9. The fourth-order valence-corrected chi connectivity index (χ4v) is 6.63. The summed E-state index contributed by atoms with van der Waals surface area (Å²) in [5.41, 5.74) is -0.374. The van der Waals surface area contributed by atoms with Crippen molar-refractivity contribution in [2.24, 2.45) is 11.8 Å². The largest absolute Gasteiger partial charge is 0.508 e. The van der Waals surface area contributed by atoms with E-state index in [0.717, 1.165) is 32.1 Å². The molecule has 1 saturated carbocycles. The number of ether oxygens (including phenoxy) is 2. The first-order valence-electron chi connectivity index (χ1n) is 12.9. The van der Waals surface area contributed by atoms with E-state index in [9.17, 15) is 24.6 Å². The van der Waals surface area contributed by atoms with E-state index in [4.69, 9.17) is 9.47 Å². The van der Waals surface area contributed by atoms with Gasteiger partial charge in [0.1, 0.15) is 24.5 Å². The van der Waals surface area contributed by atoms with E-state index in [2.05, 4.69) is 5.32 Å². The molecule has 2 aromatic carbocycles. The van der Waals surface area contributed by atoms with Gasteiger partial charge in [-0.05, 0) is 48.2 Å². The smallest absolute Gasteiger partial charge is 0.325 e. The molecule has 2 aromatic rings. The standard InChI is InChI=1S/C28H30N2O7/c31-19-9-6-16(7-10-19)15-28(27(34)35)23-22(25(32)30(26(23)33)18-4-2-1-3-5-18)24(29-28)17-8-11-20-21(14-17)37-13-12-36-20/h6-11,14,18,22-24,29,31H,1-5,12-13,15H2,(H,34,35). The van der Waals surface area contributed by atoms with Gasteiger partial charge in [-0.15, -0.1) is 0 Å². The number of fused-ring (bicyclic) bond motifs is 2. The van der Waals surface area contributed by atoms with Gasteiger partial charge in [-0.25, -0.2) is 0 Å². The highest BCUT2D eigenvalue weighted by molar-refractivity contribution is 6.09. The van der Waals surface area contributed by atoms with Gasteiger partial charge in [0, 0.05) is 18.5 Å². The molecular formula is C28H30N2O7. The number of phenols is 1. The summed E-state index contributed by atoms with van der Waals surface area (Å²) in [6.07, 6.45) is 4.44. The molecule has 9 nitrogen and oxygen atoms in total. The van der Waals surface area contributed by atoms with E-state index < -0.39 is 35.3 Å². The summed E-state index contributed by atoms with van der Waals surface area (Å²) in [5.74, 6) is -2.61. The van der Waals surface area contributed by atoms with Crippen molar-refractivity contribution in [3.05, 3.63) is 53.6 Å². The van der Waals surface area contributed by atoms with Crippen molar-refractivity contribution in [3.63, 3.8) is 0 Å². The minimum atomic E-state index is -1.70. The van der Waals surface area contributed by atoms with Gasteiger partial charge in [-0.2, -0.15) is 0 Å². The normalized spacial score (nSPS) is 29.4. The Morgan fingerprint density at radius 3 is 2.38 bits per heavy atom. The number of carbonyl (C=O) groups is 3. The minimum Gasteiger partial charge on any atom is -0.508 e. The molecule has 2 amide bonds. The van der Waals surface area contributed by atoms with Crippen molar-refractivity contribution in [2.45, 2.75) is 56.1 Å². The fourth-order valence-electron chi connectivity index (χ4n) is 6.63. The van der Waals surface area contributed by atoms with Gasteiger partial charge in [0.2, 0.25) is 11.8 Å². The van der Waals surface area contributed by atoms with E-state index in [1.165, 1.54) is 17.0 Å². The number of hydrogen-bond acceptors (Lipinski definition) is 7. The number of nitrogens with one attached hydrogen (secondary N) is 1. The number of amides is 2. The molecule has 4 aliphatic rings.